The summed E-state index contributed by atoms with van der Waals surface area (Å²) >= 11 is 3.53. The van der Waals surface area contributed by atoms with Crippen LogP contribution in [0.25, 0.3) is 17.5 Å². The van der Waals surface area contributed by atoms with Gasteiger partial charge in [0.05, 0.1) is 42.0 Å². The number of aromatic amines is 1. The van der Waals surface area contributed by atoms with E-state index in [-0.39, 0.29) is 12.1 Å². The number of allylic oxidation sites excluding steroid dienone is 1. The van der Waals surface area contributed by atoms with E-state index in [0.29, 0.717) is 23.8 Å². The number of H-pyrrole nitrogens is 1. The highest BCUT2D eigenvalue weighted by Gasteiger charge is 2.36. The van der Waals surface area contributed by atoms with Gasteiger partial charge in [-0.2, -0.15) is 12.6 Å². The SMILES string of the molecule is CS.N=C(/C=C\c1ncc(-c2cc(N3CCOC4CNCC43)ncn2)[nH]1)C(F)F. The Morgan fingerprint density at radius 3 is 2.97 bits per heavy atom. The molecule has 0 radical (unpaired) electrons. The number of fused-ring (bicyclic) bond motifs is 1. The van der Waals surface area contributed by atoms with Crippen LogP contribution in [0, 0.1) is 5.41 Å². The molecule has 11 heteroatoms. The molecule has 2 aliphatic heterocycles. The summed E-state index contributed by atoms with van der Waals surface area (Å²) < 4.78 is 30.5. The smallest absolute Gasteiger partial charge is 0.279 e. The second-order valence-electron chi connectivity index (χ2n) is 6.36. The summed E-state index contributed by atoms with van der Waals surface area (Å²) in [6.07, 6.45) is 4.50. The first-order valence-electron chi connectivity index (χ1n) is 9.07. The van der Waals surface area contributed by atoms with E-state index < -0.39 is 12.1 Å². The van der Waals surface area contributed by atoms with Crippen LogP contribution in [0.15, 0.2) is 24.7 Å². The van der Waals surface area contributed by atoms with Crippen LogP contribution in [-0.4, -0.2) is 76.7 Å². The minimum Gasteiger partial charge on any atom is -0.373 e. The van der Waals surface area contributed by atoms with E-state index in [1.807, 2.05) is 6.07 Å². The number of hydrogen-bond donors (Lipinski definition) is 4. The number of rotatable bonds is 5. The molecule has 156 valence electrons. The lowest BCUT2D eigenvalue weighted by Crippen LogP contribution is -2.51. The Kier molecular flexibility index (Phi) is 7.29. The second kappa shape index (κ2) is 9.90. The van der Waals surface area contributed by atoms with Gasteiger partial charge >= 0.3 is 0 Å². The zero-order valence-corrected chi connectivity index (χ0v) is 16.7. The maximum atomic E-state index is 12.4. The van der Waals surface area contributed by atoms with Crippen LogP contribution in [0.3, 0.4) is 0 Å². The fourth-order valence-electron chi connectivity index (χ4n) is 3.32. The van der Waals surface area contributed by atoms with Crippen molar-refractivity contribution in [2.24, 2.45) is 0 Å². The standard InChI is InChI=1S/C17H19F2N7O.CH4S/c18-17(19)10(20)1-2-15-22-6-12(25-15)11-5-16(24-9-23-11)26-3-4-27-14-8-21-7-13(14)26;1-2/h1-2,5-6,9,13-14,17,20-21H,3-4,7-8H2,(H,22,25);2H,1H3/b2-1-,20-10?;. The number of halogens is 2. The van der Waals surface area contributed by atoms with Crippen molar-refractivity contribution in [3.63, 3.8) is 0 Å². The van der Waals surface area contributed by atoms with Gasteiger partial charge in [-0.1, -0.05) is 0 Å². The van der Waals surface area contributed by atoms with E-state index in [1.54, 1.807) is 12.5 Å². The molecule has 29 heavy (non-hydrogen) atoms. The number of nitrogens with one attached hydrogen (secondary N) is 3. The molecule has 0 spiro atoms. The summed E-state index contributed by atoms with van der Waals surface area (Å²) in [4.78, 5) is 18.1. The van der Waals surface area contributed by atoms with Crippen molar-refractivity contribution in [1.29, 1.82) is 5.41 Å². The Hall–Kier alpha value is -2.37. The molecular formula is C18H23F2N7OS. The highest BCUT2D eigenvalue weighted by atomic mass is 32.1. The third-order valence-corrected chi connectivity index (χ3v) is 4.67. The first-order valence-corrected chi connectivity index (χ1v) is 9.97. The van der Waals surface area contributed by atoms with Gasteiger partial charge in [0.2, 0.25) is 0 Å². The fraction of sp³-hybridized carbons (Fsp3) is 0.444. The molecule has 0 aliphatic carbocycles. The third kappa shape index (κ3) is 4.98. The Bertz CT molecular complexity index is 860. The van der Waals surface area contributed by atoms with Crippen molar-refractivity contribution in [2.45, 2.75) is 18.6 Å². The van der Waals surface area contributed by atoms with E-state index in [4.69, 9.17) is 10.1 Å². The Labute approximate surface area is 172 Å². The highest BCUT2D eigenvalue weighted by Crippen LogP contribution is 2.25. The maximum Gasteiger partial charge on any atom is 0.279 e. The largest absolute Gasteiger partial charge is 0.373 e. The molecule has 3 N–H and O–H groups in total. The number of imidazole rings is 1. The Morgan fingerprint density at radius 2 is 2.17 bits per heavy atom. The molecule has 2 aliphatic rings. The van der Waals surface area contributed by atoms with Crippen LogP contribution in [0.2, 0.25) is 0 Å². The van der Waals surface area contributed by atoms with Gasteiger partial charge in [-0.15, -0.1) is 0 Å². The Morgan fingerprint density at radius 1 is 1.34 bits per heavy atom. The maximum absolute atomic E-state index is 12.4. The van der Waals surface area contributed by atoms with Crippen LogP contribution in [0.1, 0.15) is 5.82 Å². The van der Waals surface area contributed by atoms with Crippen LogP contribution in [-0.2, 0) is 4.74 Å². The van der Waals surface area contributed by atoms with Crippen LogP contribution >= 0.6 is 12.6 Å². The van der Waals surface area contributed by atoms with E-state index in [1.165, 1.54) is 12.4 Å². The first-order chi connectivity index (χ1) is 14.1. The number of nitrogens with zero attached hydrogens (tertiary/aromatic N) is 4. The zero-order chi connectivity index (χ0) is 20.8. The molecule has 0 saturated carbocycles. The van der Waals surface area contributed by atoms with E-state index in [0.717, 1.165) is 31.5 Å². The molecule has 0 bridgehead atoms. The van der Waals surface area contributed by atoms with Gasteiger partial charge in [0, 0.05) is 25.7 Å². The molecule has 2 aromatic heterocycles. The topological polar surface area (TPSA) is 103 Å². The summed E-state index contributed by atoms with van der Waals surface area (Å²) in [7, 11) is 0. The van der Waals surface area contributed by atoms with Crippen LogP contribution in [0.5, 0.6) is 0 Å². The average Bonchev–Trinajstić information content (AvgIpc) is 3.42. The summed E-state index contributed by atoms with van der Waals surface area (Å²) in [6.45, 7) is 3.09. The van der Waals surface area contributed by atoms with E-state index >= 15 is 0 Å². The molecule has 2 unspecified atom stereocenters. The highest BCUT2D eigenvalue weighted by molar-refractivity contribution is 7.79. The predicted molar refractivity (Wildman–Crippen MR) is 111 cm³/mol. The molecule has 0 aromatic carbocycles. The molecule has 4 rings (SSSR count). The molecule has 2 atom stereocenters. The number of ether oxygens (including phenoxy) is 1. The minimum absolute atomic E-state index is 0.159. The van der Waals surface area contributed by atoms with Crippen LogP contribution < -0.4 is 10.2 Å². The van der Waals surface area contributed by atoms with Crippen molar-refractivity contribution in [3.05, 3.63) is 30.5 Å². The summed E-state index contributed by atoms with van der Waals surface area (Å²) in [5.74, 6) is 1.19. The number of alkyl halides is 2. The molecule has 2 fully saturated rings. The lowest BCUT2D eigenvalue weighted by molar-refractivity contribution is 0.0346. The zero-order valence-electron chi connectivity index (χ0n) is 15.8. The summed E-state index contributed by atoms with van der Waals surface area (Å²) in [6, 6.07) is 2.12. The average molecular weight is 423 g/mol. The van der Waals surface area contributed by atoms with Gasteiger partial charge in [-0.25, -0.2) is 23.7 Å². The molecule has 2 aromatic rings. The summed E-state index contributed by atoms with van der Waals surface area (Å²) in [5.41, 5.74) is 0.547. The van der Waals surface area contributed by atoms with Crippen molar-refractivity contribution in [2.75, 3.05) is 37.4 Å². The number of anilines is 1. The van der Waals surface area contributed by atoms with Gasteiger partial charge in [0.1, 0.15) is 18.0 Å². The Balaban J connectivity index is 0.00000117. The van der Waals surface area contributed by atoms with Crippen molar-refractivity contribution in [1.82, 2.24) is 25.3 Å². The second-order valence-corrected chi connectivity index (χ2v) is 6.36. The first kappa shape index (κ1) is 21.3. The minimum atomic E-state index is -2.80. The van der Waals surface area contributed by atoms with Crippen molar-refractivity contribution in [3.8, 4) is 11.4 Å². The quantitative estimate of drug-likeness (QED) is 0.433. The predicted octanol–water partition coefficient (Wildman–Crippen LogP) is 1.89. The van der Waals surface area contributed by atoms with Gasteiger partial charge in [-0.05, 0) is 18.4 Å². The number of hydrogen-bond acceptors (Lipinski definition) is 8. The molecule has 4 heterocycles. The van der Waals surface area contributed by atoms with E-state index in [9.17, 15) is 8.78 Å². The van der Waals surface area contributed by atoms with Crippen molar-refractivity contribution < 1.29 is 13.5 Å². The van der Waals surface area contributed by atoms with Gasteiger partial charge < -0.3 is 19.9 Å². The van der Waals surface area contributed by atoms with E-state index in [2.05, 4.69) is 42.8 Å². The normalized spacial score (nSPS) is 21.2. The van der Waals surface area contributed by atoms with Gasteiger partial charge in [-0.3, -0.25) is 5.41 Å². The number of aromatic nitrogens is 4. The number of morpholine rings is 1. The summed E-state index contributed by atoms with van der Waals surface area (Å²) in [5, 5.41) is 10.5. The monoisotopic (exact) mass is 423 g/mol. The molecular weight excluding hydrogens is 400 g/mol. The molecule has 8 nitrogen and oxygen atoms in total. The van der Waals surface area contributed by atoms with Gasteiger partial charge in [0.25, 0.3) is 6.43 Å². The van der Waals surface area contributed by atoms with Gasteiger partial charge in [0.15, 0.2) is 0 Å². The number of thiol groups is 1. The molecule has 2 saturated heterocycles. The van der Waals surface area contributed by atoms with Crippen molar-refractivity contribution >= 4 is 30.2 Å². The lowest BCUT2D eigenvalue weighted by atomic mass is 10.1. The fourth-order valence-corrected chi connectivity index (χ4v) is 3.32. The molecule has 0 amide bonds. The third-order valence-electron chi connectivity index (χ3n) is 4.67. The van der Waals surface area contributed by atoms with Crippen LogP contribution in [0.4, 0.5) is 14.6 Å². The lowest BCUT2D eigenvalue weighted by Gasteiger charge is -2.37.